The van der Waals surface area contributed by atoms with Crippen LogP contribution in [0.5, 0.6) is 0 Å². The molecule has 0 bridgehead atoms. The lowest BCUT2D eigenvalue weighted by Crippen LogP contribution is -1.94. The minimum atomic E-state index is -0.763. The van der Waals surface area contributed by atoms with E-state index in [1.165, 1.54) is 21.6 Å². The topological polar surface area (TPSA) is 74.6 Å². The molecule has 0 rings (SSSR count). The van der Waals surface area contributed by atoms with Gasteiger partial charge in [-0.25, -0.2) is 0 Å². The van der Waals surface area contributed by atoms with Gasteiger partial charge in [-0.05, 0) is 59.0 Å². The van der Waals surface area contributed by atoms with Crippen molar-refractivity contribution in [3.8, 4) is 0 Å². The fourth-order valence-electron chi connectivity index (χ4n) is 0.411. The predicted octanol–water partition coefficient (Wildman–Crippen LogP) is 5.21. The van der Waals surface area contributed by atoms with E-state index in [0.717, 1.165) is 0 Å². The van der Waals surface area contributed by atoms with E-state index in [1.54, 1.807) is 59.0 Å². The average Bonchev–Trinajstić information content (AvgIpc) is 2.29. The maximum atomic E-state index is 10.2. The SMILES string of the molecule is O=C(O)CCSSSSSSSSCCC(=O)O. The average molecular weight is 403 g/mol. The Bertz CT molecular complexity index is 216. The van der Waals surface area contributed by atoms with Gasteiger partial charge in [0, 0.05) is 11.5 Å². The van der Waals surface area contributed by atoms with Gasteiger partial charge in [0.15, 0.2) is 0 Å². The third-order valence-corrected chi connectivity index (χ3v) is 16.4. The van der Waals surface area contributed by atoms with Crippen molar-refractivity contribution in [2.45, 2.75) is 12.8 Å². The molecule has 0 radical (unpaired) electrons. The first-order chi connectivity index (χ1) is 8.63. The van der Waals surface area contributed by atoms with Crippen molar-refractivity contribution in [1.29, 1.82) is 0 Å². The van der Waals surface area contributed by atoms with Gasteiger partial charge in [0.1, 0.15) is 0 Å². The van der Waals surface area contributed by atoms with E-state index in [1.807, 2.05) is 0 Å². The zero-order chi connectivity index (χ0) is 13.6. The van der Waals surface area contributed by atoms with E-state index in [9.17, 15) is 9.59 Å². The lowest BCUT2D eigenvalue weighted by atomic mass is 10.5. The lowest BCUT2D eigenvalue weighted by molar-refractivity contribution is -0.137. The molecule has 0 spiro atoms. The Morgan fingerprint density at radius 2 is 1.00 bits per heavy atom. The first-order valence-electron chi connectivity index (χ1n) is 4.31. The minimum absolute atomic E-state index is 0.195. The molecule has 0 aromatic heterocycles. The van der Waals surface area contributed by atoms with E-state index in [-0.39, 0.29) is 12.8 Å². The molecule has 106 valence electrons. The van der Waals surface area contributed by atoms with Crippen LogP contribution in [0.1, 0.15) is 12.8 Å². The van der Waals surface area contributed by atoms with Crippen molar-refractivity contribution in [2.24, 2.45) is 0 Å². The molecule has 0 aromatic carbocycles. The van der Waals surface area contributed by atoms with Crippen LogP contribution in [0.3, 0.4) is 0 Å². The summed E-state index contributed by atoms with van der Waals surface area (Å²) in [4.78, 5) is 20.4. The van der Waals surface area contributed by atoms with Gasteiger partial charge in [0.2, 0.25) is 0 Å². The molecule has 0 unspecified atom stereocenters. The molecule has 0 fully saturated rings. The molecule has 4 nitrogen and oxygen atoms in total. The van der Waals surface area contributed by atoms with Gasteiger partial charge in [-0.2, -0.15) is 0 Å². The molecule has 0 aromatic rings. The van der Waals surface area contributed by atoms with Gasteiger partial charge < -0.3 is 10.2 Å². The first kappa shape index (κ1) is 19.7. The molecule has 0 aliphatic heterocycles. The van der Waals surface area contributed by atoms with Crippen LogP contribution in [-0.4, -0.2) is 33.7 Å². The molecule has 0 saturated heterocycles. The van der Waals surface area contributed by atoms with Crippen LogP contribution in [0.2, 0.25) is 0 Å². The Morgan fingerprint density at radius 1 is 0.667 bits per heavy atom. The number of hydrogen-bond acceptors (Lipinski definition) is 10. The second-order valence-corrected chi connectivity index (χ2v) is 15.7. The van der Waals surface area contributed by atoms with E-state index >= 15 is 0 Å². The summed E-state index contributed by atoms with van der Waals surface area (Å²) in [6.07, 6.45) is 0.391. The van der Waals surface area contributed by atoms with Gasteiger partial charge in [0.05, 0.1) is 12.8 Å². The Kier molecular flexibility index (Phi) is 16.6. The molecule has 18 heavy (non-hydrogen) atoms. The number of carboxylic acids is 2. The van der Waals surface area contributed by atoms with Gasteiger partial charge in [0.25, 0.3) is 0 Å². The molecule has 0 aliphatic rings. The van der Waals surface area contributed by atoms with Gasteiger partial charge in [-0.1, -0.05) is 21.6 Å². The zero-order valence-electron chi connectivity index (χ0n) is 8.81. The maximum absolute atomic E-state index is 10.2. The molecular formula is C6H10O4S8. The number of hydrogen-bond donors (Lipinski definition) is 2. The number of carbonyl (C=O) groups is 2. The Hall–Kier alpha value is 1.74. The quantitative estimate of drug-likeness (QED) is 0.314. The van der Waals surface area contributed by atoms with E-state index in [2.05, 4.69) is 0 Å². The van der Waals surface area contributed by atoms with Crippen LogP contribution in [-0.2, 0) is 9.59 Å². The van der Waals surface area contributed by atoms with E-state index in [0.29, 0.717) is 11.5 Å². The molecule has 0 aliphatic carbocycles. The highest BCUT2D eigenvalue weighted by Gasteiger charge is 2.00. The smallest absolute Gasteiger partial charge is 0.304 e. The molecule has 12 heteroatoms. The first-order valence-corrected chi connectivity index (χ1v) is 14.8. The Labute approximate surface area is 135 Å². The summed E-state index contributed by atoms with van der Waals surface area (Å²) < 4.78 is 0. The van der Waals surface area contributed by atoms with Crippen molar-refractivity contribution in [3.05, 3.63) is 0 Å². The van der Waals surface area contributed by atoms with E-state index < -0.39 is 11.9 Å². The summed E-state index contributed by atoms with van der Waals surface area (Å²) in [5.74, 6) is -0.294. The Balaban J connectivity index is 2.99. The van der Waals surface area contributed by atoms with Crippen molar-refractivity contribution < 1.29 is 19.8 Å². The number of aliphatic carboxylic acids is 2. The molecule has 0 amide bonds. The minimum Gasteiger partial charge on any atom is -0.481 e. The molecule has 0 atom stereocenters. The van der Waals surface area contributed by atoms with Crippen LogP contribution in [0, 0.1) is 0 Å². The third-order valence-electron chi connectivity index (χ3n) is 1.03. The van der Waals surface area contributed by atoms with Crippen LogP contribution in [0.15, 0.2) is 0 Å². The van der Waals surface area contributed by atoms with Crippen molar-refractivity contribution in [2.75, 3.05) is 11.5 Å². The van der Waals surface area contributed by atoms with Crippen molar-refractivity contribution >= 4 is 92.5 Å². The summed E-state index contributed by atoms with van der Waals surface area (Å²) in [5, 5.41) is 16.8. The van der Waals surface area contributed by atoms with Crippen molar-refractivity contribution in [1.82, 2.24) is 0 Å². The summed E-state index contributed by atoms with van der Waals surface area (Å²) in [5.41, 5.74) is 0. The van der Waals surface area contributed by atoms with Crippen molar-refractivity contribution in [3.63, 3.8) is 0 Å². The fraction of sp³-hybridized carbons (Fsp3) is 0.667. The van der Waals surface area contributed by atoms with Gasteiger partial charge in [-0.15, -0.1) is 0 Å². The maximum Gasteiger partial charge on any atom is 0.304 e. The number of carboxylic acid groups (broad SMARTS) is 2. The molecule has 2 N–H and O–H groups in total. The Morgan fingerprint density at radius 3 is 1.33 bits per heavy atom. The van der Waals surface area contributed by atoms with Crippen LogP contribution < -0.4 is 0 Å². The fourth-order valence-corrected chi connectivity index (χ4v) is 17.3. The summed E-state index contributed by atoms with van der Waals surface area (Å²) in [6.45, 7) is 0. The highest BCUT2D eigenvalue weighted by atomic mass is 34.0. The predicted molar refractivity (Wildman–Crippen MR) is 95.0 cm³/mol. The normalized spacial score (nSPS) is 10.4. The lowest BCUT2D eigenvalue weighted by Gasteiger charge is -1.98. The van der Waals surface area contributed by atoms with Crippen LogP contribution >= 0.6 is 80.5 Å². The molecule has 0 saturated carbocycles. The number of rotatable bonds is 13. The second kappa shape index (κ2) is 15.1. The van der Waals surface area contributed by atoms with Gasteiger partial charge in [-0.3, -0.25) is 9.59 Å². The van der Waals surface area contributed by atoms with E-state index in [4.69, 9.17) is 10.2 Å². The highest BCUT2D eigenvalue weighted by Crippen LogP contribution is 2.57. The second-order valence-electron chi connectivity index (χ2n) is 2.34. The molecular weight excluding hydrogens is 393 g/mol. The third kappa shape index (κ3) is 17.7. The zero-order valence-corrected chi connectivity index (χ0v) is 15.3. The largest absolute Gasteiger partial charge is 0.481 e. The van der Waals surface area contributed by atoms with Crippen LogP contribution in [0.25, 0.3) is 0 Å². The summed E-state index contributed by atoms with van der Waals surface area (Å²) in [7, 11) is 12.7. The highest BCUT2D eigenvalue weighted by molar-refractivity contribution is 9.48. The summed E-state index contributed by atoms with van der Waals surface area (Å²) in [6, 6.07) is 0. The standard InChI is InChI=1S/C6H10O4S8/c7-5(8)1-3-11-13-15-17-18-16-14-12-4-2-6(9)10/h1-4H2,(H,7,8)(H,9,10). The molecule has 0 heterocycles. The van der Waals surface area contributed by atoms with Gasteiger partial charge >= 0.3 is 11.9 Å². The van der Waals surface area contributed by atoms with Crippen LogP contribution in [0.4, 0.5) is 0 Å². The monoisotopic (exact) mass is 402 g/mol. The summed E-state index contributed by atoms with van der Waals surface area (Å²) >= 11 is 0.